The number of nitrogens with zero attached hydrogens (tertiary/aromatic N) is 1. The molecule has 2 aromatic rings. The minimum absolute atomic E-state index is 0.353. The van der Waals surface area contributed by atoms with Crippen molar-refractivity contribution >= 4 is 28.2 Å². The second kappa shape index (κ2) is 8.84. The van der Waals surface area contributed by atoms with Gasteiger partial charge in [0.15, 0.2) is 0 Å². The summed E-state index contributed by atoms with van der Waals surface area (Å²) in [7, 11) is 4.40. The summed E-state index contributed by atoms with van der Waals surface area (Å²) in [5.74, 6) is 0.203. The number of carbonyl (C=O) groups excluding carboxylic acids is 2. The number of thiophene rings is 1. The molecule has 8 heteroatoms. The Balaban J connectivity index is 1.95. The van der Waals surface area contributed by atoms with Crippen LogP contribution in [0, 0.1) is 0 Å². The average Bonchev–Trinajstić information content (AvgIpc) is 3.09. The molecule has 3 rings (SSSR count). The van der Waals surface area contributed by atoms with Crippen molar-refractivity contribution in [3.8, 4) is 11.5 Å². The number of esters is 1. The van der Waals surface area contributed by atoms with Crippen LogP contribution in [0.3, 0.4) is 0 Å². The second-order valence-electron chi connectivity index (χ2n) is 7.03. The van der Waals surface area contributed by atoms with Gasteiger partial charge in [-0.2, -0.15) is 0 Å². The highest BCUT2D eigenvalue weighted by molar-refractivity contribution is 7.17. The molecular weight excluding hydrogens is 392 g/mol. The molecule has 1 aliphatic heterocycles. The Morgan fingerprint density at radius 3 is 2.55 bits per heavy atom. The lowest BCUT2D eigenvalue weighted by molar-refractivity contribution is 0.0600. The number of anilines is 1. The molecule has 0 saturated carbocycles. The fraction of sp³-hybridized carbons (Fsp3) is 0.429. The monoisotopic (exact) mass is 418 g/mol. The zero-order valence-corrected chi connectivity index (χ0v) is 18.1. The lowest BCUT2D eigenvalue weighted by Gasteiger charge is -2.30. The summed E-state index contributed by atoms with van der Waals surface area (Å²) in [6.07, 6.45) is 0.746. The maximum absolute atomic E-state index is 13.0. The number of hydrogen-bond donors (Lipinski definition) is 1. The fourth-order valence-electron chi connectivity index (χ4n) is 3.43. The molecule has 156 valence electrons. The second-order valence-corrected chi connectivity index (χ2v) is 8.14. The predicted molar refractivity (Wildman–Crippen MR) is 112 cm³/mol. The first-order valence-corrected chi connectivity index (χ1v) is 10.2. The van der Waals surface area contributed by atoms with Crippen LogP contribution in [0.4, 0.5) is 5.00 Å². The van der Waals surface area contributed by atoms with Gasteiger partial charge in [0, 0.05) is 30.1 Å². The van der Waals surface area contributed by atoms with Gasteiger partial charge in [0.05, 0.1) is 32.5 Å². The molecular formula is C21H26N2O5S. The van der Waals surface area contributed by atoms with Crippen LogP contribution in [0.25, 0.3) is 0 Å². The largest absolute Gasteiger partial charge is 0.497 e. The van der Waals surface area contributed by atoms with E-state index < -0.39 is 5.97 Å². The third-order valence-electron chi connectivity index (χ3n) is 5.09. The van der Waals surface area contributed by atoms with E-state index in [4.69, 9.17) is 14.2 Å². The van der Waals surface area contributed by atoms with E-state index in [2.05, 4.69) is 24.1 Å². The Bertz CT molecular complexity index is 922. The number of fused-ring (bicyclic) bond motifs is 1. The molecule has 7 nitrogen and oxygen atoms in total. The van der Waals surface area contributed by atoms with E-state index in [0.29, 0.717) is 33.7 Å². The first-order chi connectivity index (χ1) is 13.9. The van der Waals surface area contributed by atoms with Gasteiger partial charge in [-0.05, 0) is 38.0 Å². The van der Waals surface area contributed by atoms with Crippen molar-refractivity contribution < 1.29 is 23.8 Å². The number of amides is 1. The minimum Gasteiger partial charge on any atom is -0.497 e. The number of rotatable bonds is 6. The number of methoxy groups -OCH3 is 3. The number of carbonyl (C=O) groups is 2. The van der Waals surface area contributed by atoms with Gasteiger partial charge in [-0.1, -0.05) is 0 Å². The van der Waals surface area contributed by atoms with Gasteiger partial charge in [0.2, 0.25) is 0 Å². The quantitative estimate of drug-likeness (QED) is 0.723. The molecule has 1 amide bonds. The Labute approximate surface area is 174 Å². The zero-order chi connectivity index (χ0) is 21.1. The molecule has 0 radical (unpaired) electrons. The smallest absolute Gasteiger partial charge is 0.341 e. The standard InChI is InChI=1S/C21H26N2O5S/c1-12(2)23-9-8-15-17(11-23)29-20(18(15)21(25)28-5)22-19(24)14-7-6-13(26-3)10-16(14)27-4/h6-7,10,12H,8-9,11H2,1-5H3,(H,22,24). The molecule has 29 heavy (non-hydrogen) atoms. The summed E-state index contributed by atoms with van der Waals surface area (Å²) < 4.78 is 15.5. The molecule has 0 fully saturated rings. The highest BCUT2D eigenvalue weighted by Crippen LogP contribution is 2.38. The third-order valence-corrected chi connectivity index (χ3v) is 6.22. The number of ether oxygens (including phenoxy) is 3. The van der Waals surface area contributed by atoms with E-state index >= 15 is 0 Å². The van der Waals surface area contributed by atoms with Crippen molar-refractivity contribution in [3.05, 3.63) is 39.8 Å². The van der Waals surface area contributed by atoms with Gasteiger partial charge >= 0.3 is 5.97 Å². The van der Waals surface area contributed by atoms with Crippen molar-refractivity contribution in [2.45, 2.75) is 32.9 Å². The fourth-order valence-corrected chi connectivity index (χ4v) is 4.68. The van der Waals surface area contributed by atoms with E-state index in [1.54, 1.807) is 25.3 Å². The van der Waals surface area contributed by atoms with Crippen LogP contribution in [0.2, 0.25) is 0 Å². The predicted octanol–water partition coefficient (Wildman–Crippen LogP) is 3.57. The van der Waals surface area contributed by atoms with E-state index in [1.807, 2.05) is 0 Å². The molecule has 1 aliphatic rings. The van der Waals surface area contributed by atoms with Gasteiger partial charge in [0.25, 0.3) is 5.91 Å². The Hall–Kier alpha value is -2.58. The number of benzene rings is 1. The summed E-state index contributed by atoms with van der Waals surface area (Å²) in [5, 5.41) is 3.40. The maximum atomic E-state index is 13.0. The van der Waals surface area contributed by atoms with Crippen LogP contribution >= 0.6 is 11.3 Å². The lowest BCUT2D eigenvalue weighted by atomic mass is 10.0. The summed E-state index contributed by atoms with van der Waals surface area (Å²) in [5.41, 5.74) is 1.78. The van der Waals surface area contributed by atoms with Crippen molar-refractivity contribution in [1.29, 1.82) is 0 Å². The Morgan fingerprint density at radius 2 is 1.93 bits per heavy atom. The van der Waals surface area contributed by atoms with Gasteiger partial charge in [-0.25, -0.2) is 4.79 Å². The van der Waals surface area contributed by atoms with E-state index in [0.717, 1.165) is 30.0 Å². The van der Waals surface area contributed by atoms with Crippen molar-refractivity contribution in [2.75, 3.05) is 33.2 Å². The van der Waals surface area contributed by atoms with E-state index in [-0.39, 0.29) is 5.91 Å². The average molecular weight is 419 g/mol. The molecule has 0 saturated heterocycles. The molecule has 0 unspecified atom stereocenters. The highest BCUT2D eigenvalue weighted by atomic mass is 32.1. The first kappa shape index (κ1) is 21.1. The highest BCUT2D eigenvalue weighted by Gasteiger charge is 2.30. The zero-order valence-electron chi connectivity index (χ0n) is 17.3. The van der Waals surface area contributed by atoms with Crippen LogP contribution in [0.1, 0.15) is 45.0 Å². The van der Waals surface area contributed by atoms with E-state index in [9.17, 15) is 9.59 Å². The maximum Gasteiger partial charge on any atom is 0.341 e. The van der Waals surface area contributed by atoms with Crippen LogP contribution in [-0.4, -0.2) is 50.7 Å². The molecule has 1 N–H and O–H groups in total. The van der Waals surface area contributed by atoms with Gasteiger partial charge in [-0.3, -0.25) is 9.69 Å². The van der Waals surface area contributed by atoms with Crippen LogP contribution < -0.4 is 14.8 Å². The molecule has 1 aromatic carbocycles. The molecule has 1 aromatic heterocycles. The summed E-state index contributed by atoms with van der Waals surface area (Å²) in [6, 6.07) is 5.39. The van der Waals surface area contributed by atoms with Crippen LogP contribution in [-0.2, 0) is 17.7 Å². The van der Waals surface area contributed by atoms with E-state index in [1.165, 1.54) is 25.6 Å². The summed E-state index contributed by atoms with van der Waals surface area (Å²) in [6.45, 7) is 5.92. The van der Waals surface area contributed by atoms with Crippen molar-refractivity contribution in [2.24, 2.45) is 0 Å². The summed E-state index contributed by atoms with van der Waals surface area (Å²) >= 11 is 1.43. The van der Waals surface area contributed by atoms with Gasteiger partial charge in [0.1, 0.15) is 16.5 Å². The SMILES string of the molecule is COC(=O)c1c(NC(=O)c2ccc(OC)cc2OC)sc2c1CCN(C(C)C)C2. The molecule has 0 bridgehead atoms. The Kier molecular flexibility index (Phi) is 6.44. The molecule has 0 aliphatic carbocycles. The number of nitrogens with one attached hydrogen (secondary N) is 1. The Morgan fingerprint density at radius 1 is 1.17 bits per heavy atom. The number of hydrogen-bond acceptors (Lipinski definition) is 7. The van der Waals surface area contributed by atoms with Crippen LogP contribution in [0.5, 0.6) is 11.5 Å². The normalized spacial score (nSPS) is 13.7. The van der Waals surface area contributed by atoms with Crippen molar-refractivity contribution in [3.63, 3.8) is 0 Å². The van der Waals surface area contributed by atoms with Crippen molar-refractivity contribution in [1.82, 2.24) is 4.90 Å². The van der Waals surface area contributed by atoms with Gasteiger partial charge in [-0.15, -0.1) is 11.3 Å². The molecule has 0 atom stereocenters. The lowest BCUT2D eigenvalue weighted by Crippen LogP contribution is -2.35. The molecule has 2 heterocycles. The minimum atomic E-state index is -0.433. The molecule has 0 spiro atoms. The third kappa shape index (κ3) is 4.23. The first-order valence-electron chi connectivity index (χ1n) is 9.39. The topological polar surface area (TPSA) is 77.1 Å². The van der Waals surface area contributed by atoms with Crippen LogP contribution in [0.15, 0.2) is 18.2 Å². The van der Waals surface area contributed by atoms with Gasteiger partial charge < -0.3 is 19.5 Å². The summed E-state index contributed by atoms with van der Waals surface area (Å²) in [4.78, 5) is 28.9.